The Morgan fingerprint density at radius 3 is 2.83 bits per heavy atom. The van der Waals surface area contributed by atoms with Crippen LogP contribution in [0.3, 0.4) is 0 Å². The second-order valence-electron chi connectivity index (χ2n) is 4.76. The average molecular weight is 247 g/mol. The summed E-state index contributed by atoms with van der Waals surface area (Å²) in [5.74, 6) is 0.313. The van der Waals surface area contributed by atoms with E-state index in [1.165, 1.54) is 12.8 Å². The van der Waals surface area contributed by atoms with E-state index in [1.54, 1.807) is 0 Å². The first kappa shape index (κ1) is 12.9. The molecule has 2 rings (SSSR count). The number of benzene rings is 1. The average Bonchev–Trinajstić information content (AvgIpc) is 2.89. The van der Waals surface area contributed by atoms with Crippen molar-refractivity contribution in [3.05, 3.63) is 29.3 Å². The van der Waals surface area contributed by atoms with E-state index < -0.39 is 5.97 Å². The highest BCUT2D eigenvalue weighted by Gasteiger charge is 2.22. The molecule has 0 atom stereocenters. The standard InChI is InChI=1S/C15H19O3/c1-2-11-8-5-9-13(12-6-3-4-7-12)15(11)18-10-14(16)17/h5,8,12H,2-4,6-7,10H2,1H3,(H,16,17). The minimum Gasteiger partial charge on any atom is -0.481 e. The number of carboxylic acid groups (broad SMARTS) is 1. The quantitative estimate of drug-likeness (QED) is 0.869. The Labute approximate surface area is 108 Å². The molecule has 0 unspecified atom stereocenters. The molecule has 0 spiro atoms. The molecule has 1 aliphatic rings. The molecule has 1 aromatic carbocycles. The molecule has 0 aromatic heterocycles. The summed E-state index contributed by atoms with van der Waals surface area (Å²) in [6.07, 6.45) is 5.66. The number of aryl methyl sites for hydroxylation is 1. The van der Waals surface area contributed by atoms with Gasteiger partial charge in [0.1, 0.15) is 5.75 Å². The molecule has 97 valence electrons. The number of ether oxygens (including phenoxy) is 1. The van der Waals surface area contributed by atoms with Gasteiger partial charge in [-0.05, 0) is 36.8 Å². The molecular weight excluding hydrogens is 228 g/mol. The number of carbonyl (C=O) groups is 1. The van der Waals surface area contributed by atoms with E-state index in [9.17, 15) is 4.79 Å². The summed E-state index contributed by atoms with van der Waals surface area (Å²) >= 11 is 0. The van der Waals surface area contributed by atoms with Gasteiger partial charge in [0.25, 0.3) is 0 Å². The van der Waals surface area contributed by atoms with E-state index in [1.807, 2.05) is 12.1 Å². The van der Waals surface area contributed by atoms with Gasteiger partial charge in [0.05, 0.1) is 0 Å². The van der Waals surface area contributed by atoms with Gasteiger partial charge in [-0.1, -0.05) is 31.9 Å². The molecule has 1 aromatic rings. The van der Waals surface area contributed by atoms with Crippen LogP contribution in [-0.2, 0) is 11.2 Å². The molecule has 0 heterocycles. The van der Waals surface area contributed by atoms with E-state index in [2.05, 4.69) is 13.0 Å². The van der Waals surface area contributed by atoms with E-state index in [0.717, 1.165) is 36.1 Å². The molecule has 3 nitrogen and oxygen atoms in total. The van der Waals surface area contributed by atoms with Gasteiger partial charge in [0.2, 0.25) is 0 Å². The summed E-state index contributed by atoms with van der Waals surface area (Å²) in [5, 5.41) is 8.76. The van der Waals surface area contributed by atoms with E-state index in [0.29, 0.717) is 5.92 Å². The van der Waals surface area contributed by atoms with Gasteiger partial charge in [-0.25, -0.2) is 4.79 Å². The van der Waals surface area contributed by atoms with Crippen molar-refractivity contribution in [2.24, 2.45) is 0 Å². The first-order valence-electron chi connectivity index (χ1n) is 6.60. The van der Waals surface area contributed by atoms with Gasteiger partial charge in [-0.15, -0.1) is 0 Å². The zero-order valence-corrected chi connectivity index (χ0v) is 10.7. The van der Waals surface area contributed by atoms with Crippen LogP contribution in [0.25, 0.3) is 0 Å². The number of aliphatic carboxylic acids is 1. The highest BCUT2D eigenvalue weighted by atomic mass is 16.5. The van der Waals surface area contributed by atoms with E-state index in [4.69, 9.17) is 9.84 Å². The molecule has 0 aliphatic heterocycles. The topological polar surface area (TPSA) is 46.5 Å². The number of rotatable bonds is 5. The van der Waals surface area contributed by atoms with Crippen LogP contribution < -0.4 is 4.74 Å². The van der Waals surface area contributed by atoms with Crippen molar-refractivity contribution >= 4 is 5.97 Å². The Morgan fingerprint density at radius 1 is 1.50 bits per heavy atom. The molecule has 0 saturated heterocycles. The predicted octanol–water partition coefficient (Wildman–Crippen LogP) is 3.17. The number of hydrogen-bond donors (Lipinski definition) is 1. The maximum Gasteiger partial charge on any atom is 0.341 e. The second-order valence-corrected chi connectivity index (χ2v) is 4.76. The van der Waals surface area contributed by atoms with Crippen molar-refractivity contribution in [3.8, 4) is 5.75 Å². The zero-order valence-electron chi connectivity index (χ0n) is 10.7. The van der Waals surface area contributed by atoms with Crippen LogP contribution in [0.5, 0.6) is 5.75 Å². The molecule has 1 fully saturated rings. The fraction of sp³-hybridized carbons (Fsp3) is 0.533. The van der Waals surface area contributed by atoms with Crippen molar-refractivity contribution in [2.45, 2.75) is 44.9 Å². The van der Waals surface area contributed by atoms with Crippen LogP contribution in [0.4, 0.5) is 0 Å². The lowest BCUT2D eigenvalue weighted by molar-refractivity contribution is -0.139. The Balaban J connectivity index is 2.28. The Kier molecular flexibility index (Phi) is 4.24. The molecule has 1 N–H and O–H groups in total. The van der Waals surface area contributed by atoms with Crippen molar-refractivity contribution in [2.75, 3.05) is 6.61 Å². The number of hydrogen-bond acceptors (Lipinski definition) is 2. The Bertz CT molecular complexity index is 420. The SMILES string of the molecule is CCc1cc[c]c(C2CCCC2)c1OCC(=O)O. The largest absolute Gasteiger partial charge is 0.481 e. The fourth-order valence-corrected chi connectivity index (χ4v) is 2.65. The third kappa shape index (κ3) is 2.84. The summed E-state index contributed by atoms with van der Waals surface area (Å²) < 4.78 is 5.50. The summed E-state index contributed by atoms with van der Waals surface area (Å²) in [4.78, 5) is 10.7. The van der Waals surface area contributed by atoms with Crippen LogP contribution >= 0.6 is 0 Å². The molecular formula is C15H19O3. The first-order valence-corrected chi connectivity index (χ1v) is 6.60. The smallest absolute Gasteiger partial charge is 0.341 e. The lowest BCUT2D eigenvalue weighted by Crippen LogP contribution is -2.12. The first-order chi connectivity index (χ1) is 8.72. The predicted molar refractivity (Wildman–Crippen MR) is 69.0 cm³/mol. The summed E-state index contributed by atoms with van der Waals surface area (Å²) in [6, 6.07) is 7.16. The van der Waals surface area contributed by atoms with Crippen LogP contribution in [0.2, 0.25) is 0 Å². The molecule has 1 aliphatic carbocycles. The zero-order chi connectivity index (χ0) is 13.0. The van der Waals surface area contributed by atoms with Crippen molar-refractivity contribution in [1.29, 1.82) is 0 Å². The fourth-order valence-electron chi connectivity index (χ4n) is 2.65. The molecule has 0 amide bonds. The third-order valence-electron chi connectivity index (χ3n) is 3.54. The highest BCUT2D eigenvalue weighted by Crippen LogP contribution is 2.40. The maximum atomic E-state index is 10.7. The summed E-state index contributed by atoms with van der Waals surface area (Å²) in [7, 11) is 0. The summed E-state index contributed by atoms with van der Waals surface area (Å²) in [5.41, 5.74) is 2.16. The lowest BCUT2D eigenvalue weighted by atomic mass is 9.94. The van der Waals surface area contributed by atoms with Crippen molar-refractivity contribution in [1.82, 2.24) is 0 Å². The van der Waals surface area contributed by atoms with Crippen LogP contribution in [-0.4, -0.2) is 17.7 Å². The van der Waals surface area contributed by atoms with Gasteiger partial charge in [0.15, 0.2) is 6.61 Å². The molecule has 18 heavy (non-hydrogen) atoms. The molecule has 3 heteroatoms. The summed E-state index contributed by atoms with van der Waals surface area (Å²) in [6.45, 7) is 1.78. The van der Waals surface area contributed by atoms with E-state index >= 15 is 0 Å². The second kappa shape index (κ2) is 5.89. The van der Waals surface area contributed by atoms with Crippen LogP contribution in [0.1, 0.15) is 49.7 Å². The maximum absolute atomic E-state index is 10.7. The highest BCUT2D eigenvalue weighted by molar-refractivity contribution is 5.68. The van der Waals surface area contributed by atoms with Crippen LogP contribution in [0, 0.1) is 6.07 Å². The molecule has 0 bridgehead atoms. The van der Waals surface area contributed by atoms with Gasteiger partial charge < -0.3 is 9.84 Å². The Hall–Kier alpha value is -1.51. The monoisotopic (exact) mass is 247 g/mol. The Morgan fingerprint density at radius 2 is 2.22 bits per heavy atom. The number of carboxylic acids is 1. The minimum absolute atomic E-state index is 0.273. The van der Waals surface area contributed by atoms with Gasteiger partial charge in [-0.2, -0.15) is 0 Å². The van der Waals surface area contributed by atoms with E-state index in [-0.39, 0.29) is 6.61 Å². The minimum atomic E-state index is -0.932. The van der Waals surface area contributed by atoms with Gasteiger partial charge >= 0.3 is 5.97 Å². The molecule has 1 radical (unpaired) electrons. The normalized spacial score (nSPS) is 15.8. The van der Waals surface area contributed by atoms with Crippen molar-refractivity contribution in [3.63, 3.8) is 0 Å². The molecule has 1 saturated carbocycles. The third-order valence-corrected chi connectivity index (χ3v) is 3.54. The van der Waals surface area contributed by atoms with Crippen molar-refractivity contribution < 1.29 is 14.6 Å². The van der Waals surface area contributed by atoms with Gasteiger partial charge in [-0.3, -0.25) is 0 Å². The van der Waals surface area contributed by atoms with Crippen LogP contribution in [0.15, 0.2) is 12.1 Å². The van der Waals surface area contributed by atoms with Gasteiger partial charge in [0, 0.05) is 5.56 Å². The lowest BCUT2D eigenvalue weighted by Gasteiger charge is -2.17.